The molecule has 0 N–H and O–H groups in total. The van der Waals surface area contributed by atoms with E-state index in [1.165, 1.54) is 5.56 Å². The Morgan fingerprint density at radius 1 is 1.38 bits per heavy atom. The summed E-state index contributed by atoms with van der Waals surface area (Å²) in [6.07, 6.45) is 2.01. The Kier molecular flexibility index (Phi) is 5.08. The van der Waals surface area contributed by atoms with Gasteiger partial charge in [0.2, 0.25) is 0 Å². The molecule has 13 heavy (non-hydrogen) atoms. The molecule has 1 atom stereocenters. The second-order valence-corrected chi connectivity index (χ2v) is 3.61. The molecule has 0 fully saturated rings. The van der Waals surface area contributed by atoms with E-state index in [4.69, 9.17) is 4.74 Å². The molecule has 0 aliphatic heterocycles. The summed E-state index contributed by atoms with van der Waals surface area (Å²) in [6.45, 7) is 4.38. The molecule has 0 heterocycles. The second-order valence-electron chi connectivity index (χ2n) is 2.73. The first-order valence-electron chi connectivity index (χ1n) is 4.21. The van der Waals surface area contributed by atoms with Crippen molar-refractivity contribution in [1.82, 2.24) is 0 Å². The molecular weight excluding hydrogens is 275 g/mol. The van der Waals surface area contributed by atoms with E-state index in [0.717, 1.165) is 4.43 Å². The van der Waals surface area contributed by atoms with Crippen LogP contribution in [0.5, 0.6) is 0 Å². The summed E-state index contributed by atoms with van der Waals surface area (Å²) in [7, 11) is 0. The zero-order chi connectivity index (χ0) is 9.52. The molecule has 0 aliphatic carbocycles. The Morgan fingerprint density at radius 2 is 2.08 bits per heavy atom. The molecule has 0 unspecified atom stereocenters. The van der Waals surface area contributed by atoms with Crippen molar-refractivity contribution in [2.45, 2.75) is 12.7 Å². The molecule has 70 valence electrons. The number of rotatable bonds is 5. The Morgan fingerprint density at radius 3 is 2.62 bits per heavy atom. The predicted molar refractivity (Wildman–Crippen MR) is 64.1 cm³/mol. The van der Waals surface area contributed by atoms with Gasteiger partial charge in [-0.15, -0.1) is 6.58 Å². The van der Waals surface area contributed by atoms with Crippen molar-refractivity contribution in [1.29, 1.82) is 0 Å². The lowest BCUT2D eigenvalue weighted by atomic mass is 10.2. The fourth-order valence-corrected chi connectivity index (χ4v) is 1.57. The van der Waals surface area contributed by atoms with Gasteiger partial charge in [-0.25, -0.2) is 0 Å². The van der Waals surface area contributed by atoms with Crippen LogP contribution in [0.1, 0.15) is 5.56 Å². The number of hydrogen-bond donors (Lipinski definition) is 0. The lowest BCUT2D eigenvalue weighted by Gasteiger charge is -2.10. The van der Waals surface area contributed by atoms with E-state index in [1.807, 2.05) is 24.3 Å². The quantitative estimate of drug-likeness (QED) is 0.459. The molecule has 0 bridgehead atoms. The van der Waals surface area contributed by atoms with Crippen LogP contribution in [0.4, 0.5) is 0 Å². The molecule has 1 aromatic carbocycles. The number of halogens is 1. The SMILES string of the molecule is C=C[C@@H](CI)OCc1ccccc1. The maximum absolute atomic E-state index is 5.60. The molecule has 0 spiro atoms. The Bertz CT molecular complexity index is 246. The van der Waals surface area contributed by atoms with Crippen molar-refractivity contribution >= 4 is 22.6 Å². The molecule has 0 aliphatic rings. The highest BCUT2D eigenvalue weighted by molar-refractivity contribution is 14.1. The molecule has 1 rings (SSSR count). The minimum absolute atomic E-state index is 0.167. The van der Waals surface area contributed by atoms with E-state index in [0.29, 0.717) is 6.61 Å². The van der Waals surface area contributed by atoms with Gasteiger partial charge in [0.15, 0.2) is 0 Å². The molecule has 1 nitrogen and oxygen atoms in total. The van der Waals surface area contributed by atoms with Crippen LogP contribution >= 0.6 is 22.6 Å². The zero-order valence-electron chi connectivity index (χ0n) is 7.45. The van der Waals surface area contributed by atoms with Gasteiger partial charge < -0.3 is 4.74 Å². The smallest absolute Gasteiger partial charge is 0.0847 e. The molecule has 0 amide bonds. The maximum atomic E-state index is 5.60. The zero-order valence-corrected chi connectivity index (χ0v) is 9.61. The summed E-state index contributed by atoms with van der Waals surface area (Å²) in [5.41, 5.74) is 1.21. The highest BCUT2D eigenvalue weighted by Crippen LogP contribution is 2.05. The van der Waals surface area contributed by atoms with Gasteiger partial charge in [-0.1, -0.05) is 59.0 Å². The first-order valence-corrected chi connectivity index (χ1v) is 5.73. The molecule has 1 aromatic rings. The van der Waals surface area contributed by atoms with Crippen molar-refractivity contribution in [2.24, 2.45) is 0 Å². The number of hydrogen-bond acceptors (Lipinski definition) is 1. The van der Waals surface area contributed by atoms with Gasteiger partial charge in [-0.05, 0) is 5.56 Å². The third-order valence-electron chi connectivity index (χ3n) is 1.72. The van der Waals surface area contributed by atoms with Crippen LogP contribution < -0.4 is 0 Å². The standard InChI is InChI=1S/C11H13IO/c1-2-11(8-12)13-9-10-6-4-3-5-7-10/h2-7,11H,1,8-9H2/t11-/m0/s1. The number of ether oxygens (including phenoxy) is 1. The van der Waals surface area contributed by atoms with Gasteiger partial charge in [-0.2, -0.15) is 0 Å². The Labute approximate surface area is 92.9 Å². The van der Waals surface area contributed by atoms with Crippen molar-refractivity contribution in [2.75, 3.05) is 4.43 Å². The van der Waals surface area contributed by atoms with E-state index in [1.54, 1.807) is 0 Å². The minimum Gasteiger partial charge on any atom is -0.369 e. The average molecular weight is 288 g/mol. The van der Waals surface area contributed by atoms with Crippen molar-refractivity contribution in [3.8, 4) is 0 Å². The third-order valence-corrected chi connectivity index (χ3v) is 2.59. The summed E-state index contributed by atoms with van der Waals surface area (Å²) in [6, 6.07) is 10.2. The summed E-state index contributed by atoms with van der Waals surface area (Å²) in [5.74, 6) is 0. The second kappa shape index (κ2) is 6.16. The summed E-state index contributed by atoms with van der Waals surface area (Å²) in [4.78, 5) is 0. The van der Waals surface area contributed by atoms with Crippen LogP contribution in [0, 0.1) is 0 Å². The molecule has 0 radical (unpaired) electrons. The van der Waals surface area contributed by atoms with Crippen LogP contribution in [0.2, 0.25) is 0 Å². The first-order chi connectivity index (χ1) is 6.36. The van der Waals surface area contributed by atoms with Gasteiger partial charge in [-0.3, -0.25) is 0 Å². The molecular formula is C11H13IO. The van der Waals surface area contributed by atoms with Crippen molar-refractivity contribution in [3.63, 3.8) is 0 Å². The predicted octanol–water partition coefficient (Wildman–Crippen LogP) is 3.19. The molecule has 0 aromatic heterocycles. The number of alkyl halides is 1. The van der Waals surface area contributed by atoms with Crippen molar-refractivity contribution < 1.29 is 4.74 Å². The lowest BCUT2D eigenvalue weighted by Crippen LogP contribution is -2.10. The topological polar surface area (TPSA) is 9.23 Å². The van der Waals surface area contributed by atoms with E-state index in [9.17, 15) is 0 Å². The van der Waals surface area contributed by atoms with Crippen LogP contribution in [0.3, 0.4) is 0 Å². The molecule has 2 heteroatoms. The van der Waals surface area contributed by atoms with Crippen LogP contribution in [-0.2, 0) is 11.3 Å². The monoisotopic (exact) mass is 288 g/mol. The largest absolute Gasteiger partial charge is 0.369 e. The van der Waals surface area contributed by atoms with Crippen molar-refractivity contribution in [3.05, 3.63) is 48.6 Å². The summed E-state index contributed by atoms with van der Waals surface area (Å²) in [5, 5.41) is 0. The van der Waals surface area contributed by atoms with Gasteiger partial charge in [0, 0.05) is 4.43 Å². The normalized spacial score (nSPS) is 12.4. The van der Waals surface area contributed by atoms with E-state index in [-0.39, 0.29) is 6.10 Å². The van der Waals surface area contributed by atoms with Gasteiger partial charge >= 0.3 is 0 Å². The van der Waals surface area contributed by atoms with E-state index >= 15 is 0 Å². The van der Waals surface area contributed by atoms with Crippen LogP contribution in [0.25, 0.3) is 0 Å². The van der Waals surface area contributed by atoms with Gasteiger partial charge in [0.05, 0.1) is 12.7 Å². The lowest BCUT2D eigenvalue weighted by molar-refractivity contribution is 0.0890. The van der Waals surface area contributed by atoms with Crippen LogP contribution in [0.15, 0.2) is 43.0 Å². The first kappa shape index (κ1) is 10.7. The Hall–Kier alpha value is -0.350. The van der Waals surface area contributed by atoms with Gasteiger partial charge in [0.25, 0.3) is 0 Å². The average Bonchev–Trinajstić information content (AvgIpc) is 2.21. The molecule has 0 saturated heterocycles. The third kappa shape index (κ3) is 3.91. The number of benzene rings is 1. The van der Waals surface area contributed by atoms with E-state index < -0.39 is 0 Å². The minimum atomic E-state index is 0.167. The molecule has 0 saturated carbocycles. The summed E-state index contributed by atoms with van der Waals surface area (Å²) >= 11 is 2.30. The fourth-order valence-electron chi connectivity index (χ4n) is 0.953. The Balaban J connectivity index is 2.38. The highest BCUT2D eigenvalue weighted by atomic mass is 127. The van der Waals surface area contributed by atoms with Gasteiger partial charge in [0.1, 0.15) is 0 Å². The summed E-state index contributed by atoms with van der Waals surface area (Å²) < 4.78 is 6.55. The maximum Gasteiger partial charge on any atom is 0.0847 e. The fraction of sp³-hybridized carbons (Fsp3) is 0.273. The van der Waals surface area contributed by atoms with E-state index in [2.05, 4.69) is 41.3 Å². The highest BCUT2D eigenvalue weighted by Gasteiger charge is 2.01. The van der Waals surface area contributed by atoms with Crippen LogP contribution in [-0.4, -0.2) is 10.5 Å².